The minimum absolute atomic E-state index is 0.0242. The van der Waals surface area contributed by atoms with E-state index in [0.717, 1.165) is 0 Å². The smallest absolute Gasteiger partial charge is 0.326 e. The number of ketones is 1. The van der Waals surface area contributed by atoms with Crippen LogP contribution in [0, 0.1) is 0 Å². The number of carboxylic acid groups (broad SMARTS) is 2. The molecular weight excluding hydrogens is 352 g/mol. The number of likely N-dealkylation sites (tertiary alicyclic amines) is 1. The molecule has 1 aliphatic rings. The summed E-state index contributed by atoms with van der Waals surface area (Å²) in [5, 5.41) is 21.3. The van der Waals surface area contributed by atoms with Gasteiger partial charge in [0, 0.05) is 18.5 Å². The molecule has 1 heterocycles. The summed E-state index contributed by atoms with van der Waals surface area (Å²) in [6.07, 6.45) is 1.05. The molecule has 1 saturated heterocycles. The van der Waals surface area contributed by atoms with Gasteiger partial charge in [0.05, 0.1) is 6.04 Å². The normalized spacial score (nSPS) is 18.7. The molecule has 1 aliphatic heterocycles. The predicted molar refractivity (Wildman–Crippen MR) is 96.4 cm³/mol. The lowest BCUT2D eigenvalue weighted by Gasteiger charge is -2.27. The van der Waals surface area contributed by atoms with Crippen molar-refractivity contribution in [3.63, 3.8) is 0 Å². The fourth-order valence-electron chi connectivity index (χ4n) is 3.23. The van der Waals surface area contributed by atoms with Crippen molar-refractivity contribution in [3.8, 4) is 0 Å². The molecule has 1 aromatic rings. The monoisotopic (exact) mass is 376 g/mol. The van der Waals surface area contributed by atoms with Gasteiger partial charge >= 0.3 is 11.9 Å². The second-order valence-corrected chi connectivity index (χ2v) is 6.63. The topological polar surface area (TPSA) is 124 Å². The number of nitrogens with one attached hydrogen (secondary N) is 1. The van der Waals surface area contributed by atoms with E-state index in [1.807, 2.05) is 0 Å². The zero-order chi connectivity index (χ0) is 20.0. The van der Waals surface area contributed by atoms with Gasteiger partial charge in [0.1, 0.15) is 12.1 Å². The maximum atomic E-state index is 12.5. The first-order valence-electron chi connectivity index (χ1n) is 8.91. The molecule has 3 atom stereocenters. The van der Waals surface area contributed by atoms with E-state index in [1.54, 1.807) is 30.3 Å². The zero-order valence-corrected chi connectivity index (χ0v) is 15.1. The van der Waals surface area contributed by atoms with Crippen molar-refractivity contribution in [2.75, 3.05) is 6.54 Å². The minimum atomic E-state index is -1.16. The van der Waals surface area contributed by atoms with Crippen LogP contribution in [0.5, 0.6) is 0 Å². The van der Waals surface area contributed by atoms with Crippen LogP contribution in [0.25, 0.3) is 0 Å². The van der Waals surface area contributed by atoms with Gasteiger partial charge in [-0.05, 0) is 26.2 Å². The molecule has 0 aromatic heterocycles. The van der Waals surface area contributed by atoms with Crippen molar-refractivity contribution in [3.05, 3.63) is 35.9 Å². The highest BCUT2D eigenvalue weighted by atomic mass is 16.4. The Bertz CT molecular complexity index is 705. The number of hydrogen-bond donors (Lipinski definition) is 3. The molecule has 0 saturated carbocycles. The Morgan fingerprint density at radius 2 is 1.85 bits per heavy atom. The number of carbonyl (C=O) groups is 4. The average Bonchev–Trinajstić information content (AvgIpc) is 3.14. The Balaban J connectivity index is 1.94. The fourth-order valence-corrected chi connectivity index (χ4v) is 3.23. The average molecular weight is 376 g/mol. The molecule has 1 fully saturated rings. The molecule has 27 heavy (non-hydrogen) atoms. The third-order valence-corrected chi connectivity index (χ3v) is 4.70. The molecule has 0 spiro atoms. The molecule has 146 valence electrons. The van der Waals surface area contributed by atoms with Gasteiger partial charge in [-0.2, -0.15) is 0 Å². The Morgan fingerprint density at radius 3 is 2.44 bits per heavy atom. The number of aliphatic carboxylic acids is 2. The quantitative estimate of drug-likeness (QED) is 0.552. The molecule has 8 nitrogen and oxygen atoms in total. The van der Waals surface area contributed by atoms with Crippen molar-refractivity contribution < 1.29 is 29.4 Å². The van der Waals surface area contributed by atoms with Gasteiger partial charge in [-0.1, -0.05) is 30.3 Å². The van der Waals surface area contributed by atoms with Crippen molar-refractivity contribution in [1.82, 2.24) is 10.2 Å². The first-order valence-corrected chi connectivity index (χ1v) is 8.91. The molecule has 1 aromatic carbocycles. The van der Waals surface area contributed by atoms with Crippen LogP contribution >= 0.6 is 0 Å². The lowest BCUT2D eigenvalue weighted by molar-refractivity contribution is -0.149. The van der Waals surface area contributed by atoms with Gasteiger partial charge in [-0.15, -0.1) is 0 Å². The maximum Gasteiger partial charge on any atom is 0.326 e. The van der Waals surface area contributed by atoms with Gasteiger partial charge in [-0.25, -0.2) is 4.79 Å². The fraction of sp³-hybridized carbons (Fsp3) is 0.474. The summed E-state index contributed by atoms with van der Waals surface area (Å²) in [5.41, 5.74) is 0.507. The summed E-state index contributed by atoms with van der Waals surface area (Å²) in [5.74, 6) is -2.84. The lowest BCUT2D eigenvalue weighted by Crippen LogP contribution is -2.53. The lowest BCUT2D eigenvalue weighted by atomic mass is 10.0. The standard InChI is InChI=1S/C19H24N2O6/c1-12(17(23)21-11-5-8-15(21)19(26)27)20-14(18(24)25)9-10-16(22)13-6-3-2-4-7-13/h2-4,6-7,12,14-15,20H,5,8-11H2,1H3,(H,24,25)(H,26,27)/t12-,14?,15-/m0/s1. The van der Waals surface area contributed by atoms with Gasteiger partial charge in [0.2, 0.25) is 5.91 Å². The molecule has 3 N–H and O–H groups in total. The zero-order valence-electron chi connectivity index (χ0n) is 15.1. The summed E-state index contributed by atoms with van der Waals surface area (Å²) in [4.78, 5) is 48.7. The molecule has 1 amide bonds. The number of Topliss-reactive ketones (excluding diaryl/α,β-unsaturated/α-hetero) is 1. The van der Waals surface area contributed by atoms with E-state index in [-0.39, 0.29) is 18.6 Å². The van der Waals surface area contributed by atoms with Crippen LogP contribution in [0.15, 0.2) is 30.3 Å². The van der Waals surface area contributed by atoms with Crippen molar-refractivity contribution >= 4 is 23.6 Å². The molecule has 0 bridgehead atoms. The molecule has 8 heteroatoms. The van der Waals surface area contributed by atoms with Crippen LogP contribution in [0.2, 0.25) is 0 Å². The maximum absolute atomic E-state index is 12.5. The van der Waals surface area contributed by atoms with Crippen LogP contribution in [-0.2, 0) is 14.4 Å². The van der Waals surface area contributed by atoms with Gasteiger partial charge in [-0.3, -0.25) is 19.7 Å². The Labute approximate surface area is 157 Å². The van der Waals surface area contributed by atoms with Crippen LogP contribution < -0.4 is 5.32 Å². The van der Waals surface area contributed by atoms with E-state index in [2.05, 4.69) is 5.32 Å². The second-order valence-electron chi connectivity index (χ2n) is 6.63. The summed E-state index contributed by atoms with van der Waals surface area (Å²) in [7, 11) is 0. The first kappa shape index (κ1) is 20.6. The molecule has 2 rings (SSSR count). The Hall–Kier alpha value is -2.74. The predicted octanol–water partition coefficient (Wildman–Crippen LogP) is 1.16. The third kappa shape index (κ3) is 5.37. The van der Waals surface area contributed by atoms with E-state index in [9.17, 15) is 29.4 Å². The number of hydrogen-bond acceptors (Lipinski definition) is 5. The molecule has 0 aliphatic carbocycles. The van der Waals surface area contributed by atoms with Crippen LogP contribution in [0.4, 0.5) is 0 Å². The third-order valence-electron chi connectivity index (χ3n) is 4.70. The minimum Gasteiger partial charge on any atom is -0.480 e. The van der Waals surface area contributed by atoms with Crippen LogP contribution in [0.3, 0.4) is 0 Å². The van der Waals surface area contributed by atoms with E-state index in [4.69, 9.17) is 0 Å². The second kappa shape index (κ2) is 9.27. The van der Waals surface area contributed by atoms with E-state index in [1.165, 1.54) is 11.8 Å². The highest BCUT2D eigenvalue weighted by Gasteiger charge is 2.36. The van der Waals surface area contributed by atoms with Crippen molar-refractivity contribution in [1.29, 1.82) is 0 Å². The number of amides is 1. The van der Waals surface area contributed by atoms with Gasteiger partial charge in [0.25, 0.3) is 0 Å². The number of benzene rings is 1. The summed E-state index contributed by atoms with van der Waals surface area (Å²) < 4.78 is 0. The summed E-state index contributed by atoms with van der Waals surface area (Å²) >= 11 is 0. The van der Waals surface area contributed by atoms with Gasteiger partial charge in [0.15, 0.2) is 5.78 Å². The summed E-state index contributed by atoms with van der Waals surface area (Å²) in [6, 6.07) is 5.76. The van der Waals surface area contributed by atoms with Crippen LogP contribution in [-0.4, -0.2) is 63.4 Å². The first-order chi connectivity index (χ1) is 12.8. The highest BCUT2D eigenvalue weighted by molar-refractivity contribution is 5.96. The molecular formula is C19H24N2O6. The van der Waals surface area contributed by atoms with Gasteiger partial charge < -0.3 is 15.1 Å². The van der Waals surface area contributed by atoms with E-state index < -0.39 is 36.0 Å². The number of carbonyl (C=O) groups excluding carboxylic acids is 2. The number of rotatable bonds is 9. The Kier molecular flexibility index (Phi) is 7.06. The Morgan fingerprint density at radius 1 is 1.19 bits per heavy atom. The van der Waals surface area contributed by atoms with Crippen LogP contribution in [0.1, 0.15) is 43.0 Å². The molecule has 1 unspecified atom stereocenters. The highest BCUT2D eigenvalue weighted by Crippen LogP contribution is 2.19. The molecule has 0 radical (unpaired) electrons. The largest absolute Gasteiger partial charge is 0.480 e. The number of carboxylic acids is 2. The number of nitrogens with zero attached hydrogens (tertiary/aromatic N) is 1. The van der Waals surface area contributed by atoms with E-state index >= 15 is 0 Å². The summed E-state index contributed by atoms with van der Waals surface area (Å²) in [6.45, 7) is 1.85. The van der Waals surface area contributed by atoms with E-state index in [0.29, 0.717) is 24.9 Å². The SMILES string of the molecule is C[C@H](NC(CCC(=O)c1ccccc1)C(=O)O)C(=O)N1CCC[C@H]1C(=O)O. The van der Waals surface area contributed by atoms with Crippen molar-refractivity contribution in [2.45, 2.75) is 50.7 Å². The van der Waals surface area contributed by atoms with Crippen molar-refractivity contribution in [2.24, 2.45) is 0 Å².